The van der Waals surface area contributed by atoms with E-state index in [9.17, 15) is 19.8 Å². The largest absolute Gasteiger partial charge is 0.508 e. The van der Waals surface area contributed by atoms with Crippen molar-refractivity contribution in [3.63, 3.8) is 0 Å². The summed E-state index contributed by atoms with van der Waals surface area (Å²) < 4.78 is 28.7. The summed E-state index contributed by atoms with van der Waals surface area (Å²) in [5.41, 5.74) is 0.799. The highest BCUT2D eigenvalue weighted by Crippen LogP contribution is 2.38. The van der Waals surface area contributed by atoms with Crippen molar-refractivity contribution in [3.8, 4) is 34.5 Å². The van der Waals surface area contributed by atoms with Gasteiger partial charge in [-0.25, -0.2) is 4.79 Å². The molecule has 0 fully saturated rings. The number of carbonyl (C=O) groups excluding carboxylic acids is 1. The molecular formula is C32H26O9. The van der Waals surface area contributed by atoms with Crippen LogP contribution in [0, 0.1) is 0 Å². The van der Waals surface area contributed by atoms with Crippen molar-refractivity contribution >= 4 is 16.9 Å². The van der Waals surface area contributed by atoms with Gasteiger partial charge in [0.25, 0.3) is 5.76 Å². The lowest BCUT2D eigenvalue weighted by Crippen LogP contribution is -2.15. The third-order valence-corrected chi connectivity index (χ3v) is 5.99. The fourth-order valence-electron chi connectivity index (χ4n) is 4.05. The van der Waals surface area contributed by atoms with Gasteiger partial charge in [-0.15, -0.1) is 0 Å². The van der Waals surface area contributed by atoms with Crippen LogP contribution in [0.2, 0.25) is 0 Å². The van der Waals surface area contributed by atoms with E-state index in [1.165, 1.54) is 6.07 Å². The summed E-state index contributed by atoms with van der Waals surface area (Å²) in [5.74, 6) is -2.12. The van der Waals surface area contributed by atoms with Crippen LogP contribution in [-0.4, -0.2) is 22.8 Å². The molecule has 2 N–H and O–H groups in total. The molecule has 208 valence electrons. The van der Waals surface area contributed by atoms with Crippen molar-refractivity contribution in [1.82, 2.24) is 0 Å². The molecule has 0 spiro atoms. The van der Waals surface area contributed by atoms with Gasteiger partial charge in [0.1, 0.15) is 41.4 Å². The van der Waals surface area contributed by atoms with Gasteiger partial charge in [-0.3, -0.25) is 4.79 Å². The van der Waals surface area contributed by atoms with Crippen LogP contribution in [0.1, 0.15) is 28.6 Å². The van der Waals surface area contributed by atoms with Crippen molar-refractivity contribution in [2.45, 2.75) is 20.1 Å². The van der Waals surface area contributed by atoms with Crippen LogP contribution in [0.15, 0.2) is 100 Å². The van der Waals surface area contributed by atoms with Crippen LogP contribution >= 0.6 is 0 Å². The molecule has 9 nitrogen and oxygen atoms in total. The van der Waals surface area contributed by atoms with Crippen LogP contribution in [0.25, 0.3) is 11.0 Å². The molecule has 0 unspecified atom stereocenters. The molecule has 0 radical (unpaired) electrons. The summed E-state index contributed by atoms with van der Waals surface area (Å²) in [6, 6.07) is 26.0. The number of phenolic OH excluding ortho intramolecular Hbond substituents is 2. The maximum atomic E-state index is 13.5. The predicted molar refractivity (Wildman–Crippen MR) is 150 cm³/mol. The highest BCUT2D eigenvalue weighted by Gasteiger charge is 2.27. The third kappa shape index (κ3) is 6.25. The minimum atomic E-state index is -0.959. The Kier molecular flexibility index (Phi) is 8.05. The van der Waals surface area contributed by atoms with E-state index in [4.69, 9.17) is 23.4 Å². The summed E-state index contributed by atoms with van der Waals surface area (Å²) >= 11 is 0. The Morgan fingerprint density at radius 3 is 2.12 bits per heavy atom. The fraction of sp³-hybridized carbons (Fsp3) is 0.125. The first kappa shape index (κ1) is 27.1. The molecule has 0 saturated carbocycles. The molecule has 0 aliphatic heterocycles. The van der Waals surface area contributed by atoms with Gasteiger partial charge in [0.05, 0.1) is 6.61 Å². The maximum Gasteiger partial charge on any atom is 0.378 e. The zero-order chi connectivity index (χ0) is 28.8. The molecule has 4 aromatic carbocycles. The van der Waals surface area contributed by atoms with Gasteiger partial charge in [0.2, 0.25) is 11.2 Å². The Labute approximate surface area is 234 Å². The third-order valence-electron chi connectivity index (χ3n) is 5.99. The smallest absolute Gasteiger partial charge is 0.378 e. The Bertz CT molecular complexity index is 1730. The number of benzene rings is 4. The molecule has 0 amide bonds. The highest BCUT2D eigenvalue weighted by molar-refractivity contribution is 5.94. The SMILES string of the molecule is CCOC(=O)c1oc2cc(O)cc(O)c2c(=O)c1Oc1ccc(OCc2ccccc2)cc1OCc1ccccc1. The molecule has 0 bridgehead atoms. The molecule has 1 aromatic heterocycles. The van der Waals surface area contributed by atoms with Gasteiger partial charge in [-0.05, 0) is 30.2 Å². The van der Waals surface area contributed by atoms with Gasteiger partial charge < -0.3 is 33.6 Å². The van der Waals surface area contributed by atoms with Crippen molar-refractivity contribution in [2.24, 2.45) is 0 Å². The molecular weight excluding hydrogens is 528 g/mol. The monoisotopic (exact) mass is 554 g/mol. The van der Waals surface area contributed by atoms with E-state index < -0.39 is 28.7 Å². The predicted octanol–water partition coefficient (Wildman–Crippen LogP) is 6.33. The normalized spacial score (nSPS) is 10.8. The first-order valence-corrected chi connectivity index (χ1v) is 12.8. The van der Waals surface area contributed by atoms with Gasteiger partial charge in [0.15, 0.2) is 11.5 Å². The first-order chi connectivity index (χ1) is 19.9. The average molecular weight is 555 g/mol. The van der Waals surface area contributed by atoms with E-state index in [0.717, 1.165) is 23.3 Å². The number of carbonyl (C=O) groups is 1. The lowest BCUT2D eigenvalue weighted by atomic mass is 10.1. The number of ether oxygens (including phenoxy) is 4. The average Bonchev–Trinajstić information content (AvgIpc) is 2.97. The molecule has 5 aromatic rings. The standard InChI is InChI=1S/C32H26O9/c1-2-37-32(36)31-30(29(35)28-24(34)15-22(33)16-27(28)41-31)40-25-14-13-23(38-18-20-9-5-3-6-10-20)17-26(25)39-19-21-11-7-4-8-12-21/h3-17,33-34H,2,18-19H2,1H3. The van der Waals surface area contributed by atoms with Crippen molar-refractivity contribution < 1.29 is 38.4 Å². The summed E-state index contributed by atoms with van der Waals surface area (Å²) in [7, 11) is 0. The Morgan fingerprint density at radius 2 is 1.46 bits per heavy atom. The Morgan fingerprint density at radius 1 is 0.805 bits per heavy atom. The van der Waals surface area contributed by atoms with E-state index in [-0.39, 0.29) is 41.4 Å². The number of aromatic hydroxyl groups is 2. The Hall–Kier alpha value is -5.44. The van der Waals surface area contributed by atoms with E-state index in [1.807, 2.05) is 60.7 Å². The second kappa shape index (κ2) is 12.2. The summed E-state index contributed by atoms with van der Waals surface area (Å²) in [6.07, 6.45) is 0. The number of hydrogen-bond acceptors (Lipinski definition) is 9. The molecule has 1 heterocycles. The van der Waals surface area contributed by atoms with E-state index in [0.29, 0.717) is 12.4 Å². The molecule has 0 aliphatic carbocycles. The molecule has 9 heteroatoms. The second-order valence-electron chi connectivity index (χ2n) is 8.91. The minimum absolute atomic E-state index is 0.00416. The molecule has 0 atom stereocenters. The van der Waals surface area contributed by atoms with Gasteiger partial charge in [-0.2, -0.15) is 0 Å². The van der Waals surface area contributed by atoms with Crippen molar-refractivity contribution in [2.75, 3.05) is 6.61 Å². The van der Waals surface area contributed by atoms with Gasteiger partial charge in [-0.1, -0.05) is 60.7 Å². The summed E-state index contributed by atoms with van der Waals surface area (Å²) in [6.45, 7) is 2.09. The zero-order valence-electron chi connectivity index (χ0n) is 22.0. The van der Waals surface area contributed by atoms with E-state index in [1.54, 1.807) is 19.1 Å². The van der Waals surface area contributed by atoms with Crippen LogP contribution in [0.4, 0.5) is 0 Å². The Balaban J connectivity index is 1.55. The zero-order valence-corrected chi connectivity index (χ0v) is 22.0. The fourth-order valence-corrected chi connectivity index (χ4v) is 4.05. The van der Waals surface area contributed by atoms with E-state index in [2.05, 4.69) is 0 Å². The van der Waals surface area contributed by atoms with Crippen molar-refractivity contribution in [3.05, 3.63) is 118 Å². The van der Waals surface area contributed by atoms with Crippen LogP contribution < -0.4 is 19.6 Å². The first-order valence-electron chi connectivity index (χ1n) is 12.8. The van der Waals surface area contributed by atoms with Crippen LogP contribution in [-0.2, 0) is 18.0 Å². The molecule has 5 rings (SSSR count). The number of fused-ring (bicyclic) bond motifs is 1. The number of esters is 1. The topological polar surface area (TPSA) is 125 Å². The molecule has 0 aliphatic rings. The number of rotatable bonds is 10. The second-order valence-corrected chi connectivity index (χ2v) is 8.91. The lowest BCUT2D eigenvalue weighted by molar-refractivity contribution is 0.0485. The molecule has 0 saturated heterocycles. The van der Waals surface area contributed by atoms with Crippen LogP contribution in [0.5, 0.6) is 34.5 Å². The highest BCUT2D eigenvalue weighted by atomic mass is 16.6. The maximum absolute atomic E-state index is 13.5. The quantitative estimate of drug-likeness (QED) is 0.191. The minimum Gasteiger partial charge on any atom is -0.508 e. The van der Waals surface area contributed by atoms with Crippen molar-refractivity contribution in [1.29, 1.82) is 0 Å². The summed E-state index contributed by atoms with van der Waals surface area (Å²) in [5, 5.41) is 20.0. The van der Waals surface area contributed by atoms with Crippen LogP contribution in [0.3, 0.4) is 0 Å². The van der Waals surface area contributed by atoms with E-state index >= 15 is 0 Å². The lowest BCUT2D eigenvalue weighted by Gasteiger charge is -2.16. The number of phenols is 2. The van der Waals surface area contributed by atoms with Gasteiger partial charge in [0, 0.05) is 18.2 Å². The summed E-state index contributed by atoms with van der Waals surface area (Å²) in [4.78, 5) is 26.3. The molecule has 41 heavy (non-hydrogen) atoms. The van der Waals surface area contributed by atoms with Gasteiger partial charge >= 0.3 is 5.97 Å². The number of hydrogen-bond donors (Lipinski definition) is 2.